The topological polar surface area (TPSA) is 62.7 Å². The first kappa shape index (κ1) is 13.1. The van der Waals surface area contributed by atoms with Gasteiger partial charge in [0.15, 0.2) is 0 Å². The van der Waals surface area contributed by atoms with Gasteiger partial charge >= 0.3 is 0 Å². The second-order valence-corrected chi connectivity index (χ2v) is 4.67. The Bertz CT molecular complexity index is 395. The first-order valence-electron chi connectivity index (χ1n) is 6.48. The lowest BCUT2D eigenvalue weighted by Crippen LogP contribution is -2.49. The summed E-state index contributed by atoms with van der Waals surface area (Å²) < 4.78 is 5.18. The molecule has 0 saturated carbocycles. The van der Waals surface area contributed by atoms with Crippen molar-refractivity contribution < 1.29 is 9.21 Å². The van der Waals surface area contributed by atoms with E-state index in [2.05, 4.69) is 4.90 Å². The fourth-order valence-electron chi connectivity index (χ4n) is 2.27. The molecule has 0 aliphatic carbocycles. The maximum Gasteiger partial charge on any atom is 0.257 e. The van der Waals surface area contributed by atoms with Crippen LogP contribution >= 0.6 is 0 Å². The molecule has 5 heteroatoms. The summed E-state index contributed by atoms with van der Waals surface area (Å²) >= 11 is 0. The third-order valence-corrected chi connectivity index (χ3v) is 3.43. The molecule has 0 spiro atoms. The number of hydrogen-bond acceptors (Lipinski definition) is 4. The molecule has 1 aromatic heterocycles. The molecule has 0 atom stereocenters. The van der Waals surface area contributed by atoms with Gasteiger partial charge in [0, 0.05) is 26.2 Å². The van der Waals surface area contributed by atoms with Crippen LogP contribution in [-0.2, 0) is 0 Å². The minimum atomic E-state index is 0.0831. The number of piperazine rings is 1. The standard InChI is InChI=1S/C13H21N3O2/c1-11-12(3-10-18-11)13(17)16-8-6-15(7-9-16)5-2-4-14/h3,10H,2,4-9,14H2,1H3. The summed E-state index contributed by atoms with van der Waals surface area (Å²) in [6.07, 6.45) is 2.59. The minimum Gasteiger partial charge on any atom is -0.469 e. The molecule has 2 heterocycles. The number of carbonyl (C=O) groups excluding carboxylic acids is 1. The van der Waals surface area contributed by atoms with E-state index in [0.717, 1.165) is 45.7 Å². The summed E-state index contributed by atoms with van der Waals surface area (Å²) in [5, 5.41) is 0. The van der Waals surface area contributed by atoms with Crippen molar-refractivity contribution in [2.24, 2.45) is 5.73 Å². The lowest BCUT2D eigenvalue weighted by atomic mass is 10.2. The average Bonchev–Trinajstić information content (AvgIpc) is 2.82. The average molecular weight is 251 g/mol. The first-order valence-corrected chi connectivity index (χ1v) is 6.48. The number of rotatable bonds is 4. The minimum absolute atomic E-state index is 0.0831. The fraction of sp³-hybridized carbons (Fsp3) is 0.615. The molecule has 1 fully saturated rings. The van der Waals surface area contributed by atoms with Gasteiger partial charge in [-0.2, -0.15) is 0 Å². The van der Waals surface area contributed by atoms with Crippen molar-refractivity contribution in [3.8, 4) is 0 Å². The third-order valence-electron chi connectivity index (χ3n) is 3.43. The van der Waals surface area contributed by atoms with E-state index in [4.69, 9.17) is 10.2 Å². The van der Waals surface area contributed by atoms with Crippen LogP contribution in [0.2, 0.25) is 0 Å². The SMILES string of the molecule is Cc1occc1C(=O)N1CCN(CCCN)CC1. The third kappa shape index (κ3) is 2.91. The molecule has 1 aromatic rings. The zero-order chi connectivity index (χ0) is 13.0. The zero-order valence-electron chi connectivity index (χ0n) is 10.9. The van der Waals surface area contributed by atoms with Gasteiger partial charge in [-0.05, 0) is 32.5 Å². The van der Waals surface area contributed by atoms with E-state index in [1.807, 2.05) is 11.8 Å². The maximum absolute atomic E-state index is 12.2. The molecule has 1 amide bonds. The molecular weight excluding hydrogens is 230 g/mol. The highest BCUT2D eigenvalue weighted by atomic mass is 16.3. The van der Waals surface area contributed by atoms with Crippen LogP contribution in [0.3, 0.4) is 0 Å². The van der Waals surface area contributed by atoms with Gasteiger partial charge in [0.25, 0.3) is 5.91 Å². The van der Waals surface area contributed by atoms with Crippen LogP contribution in [0.5, 0.6) is 0 Å². The number of nitrogens with zero attached hydrogens (tertiary/aromatic N) is 2. The van der Waals surface area contributed by atoms with Crippen molar-refractivity contribution >= 4 is 5.91 Å². The Balaban J connectivity index is 1.86. The van der Waals surface area contributed by atoms with Crippen molar-refractivity contribution in [1.29, 1.82) is 0 Å². The maximum atomic E-state index is 12.2. The molecule has 2 rings (SSSR count). The fourth-order valence-corrected chi connectivity index (χ4v) is 2.27. The smallest absolute Gasteiger partial charge is 0.257 e. The Morgan fingerprint density at radius 2 is 2.11 bits per heavy atom. The quantitative estimate of drug-likeness (QED) is 0.855. The van der Waals surface area contributed by atoms with Crippen molar-refractivity contribution in [3.63, 3.8) is 0 Å². The van der Waals surface area contributed by atoms with Crippen LogP contribution in [0.4, 0.5) is 0 Å². The highest BCUT2D eigenvalue weighted by Crippen LogP contribution is 2.13. The van der Waals surface area contributed by atoms with Gasteiger partial charge in [0.1, 0.15) is 5.76 Å². The predicted molar refractivity (Wildman–Crippen MR) is 69.5 cm³/mol. The molecular formula is C13H21N3O2. The van der Waals surface area contributed by atoms with Crippen molar-refractivity contribution in [2.45, 2.75) is 13.3 Å². The summed E-state index contributed by atoms with van der Waals surface area (Å²) in [7, 11) is 0. The largest absolute Gasteiger partial charge is 0.469 e. The molecule has 5 nitrogen and oxygen atoms in total. The van der Waals surface area contributed by atoms with Crippen molar-refractivity contribution in [2.75, 3.05) is 39.3 Å². The van der Waals surface area contributed by atoms with Gasteiger partial charge in [-0.15, -0.1) is 0 Å². The van der Waals surface area contributed by atoms with E-state index < -0.39 is 0 Å². The van der Waals surface area contributed by atoms with Gasteiger partial charge in [0.2, 0.25) is 0 Å². The number of nitrogens with two attached hydrogens (primary N) is 1. The monoisotopic (exact) mass is 251 g/mol. The van der Waals surface area contributed by atoms with Crippen LogP contribution in [0.15, 0.2) is 16.7 Å². The van der Waals surface area contributed by atoms with Gasteiger partial charge in [0.05, 0.1) is 11.8 Å². The van der Waals surface area contributed by atoms with Gasteiger partial charge < -0.3 is 15.1 Å². The van der Waals surface area contributed by atoms with Crippen molar-refractivity contribution in [1.82, 2.24) is 9.80 Å². The number of hydrogen-bond donors (Lipinski definition) is 1. The van der Waals surface area contributed by atoms with E-state index in [9.17, 15) is 4.79 Å². The molecule has 2 N–H and O–H groups in total. The summed E-state index contributed by atoms with van der Waals surface area (Å²) in [6.45, 7) is 7.02. The molecule has 0 aromatic carbocycles. The zero-order valence-corrected chi connectivity index (χ0v) is 10.9. The second-order valence-electron chi connectivity index (χ2n) is 4.67. The summed E-state index contributed by atoms with van der Waals surface area (Å²) in [5.74, 6) is 0.783. The second kappa shape index (κ2) is 6.02. The number of amides is 1. The van der Waals surface area contributed by atoms with E-state index >= 15 is 0 Å². The van der Waals surface area contributed by atoms with E-state index in [1.54, 1.807) is 12.3 Å². The lowest BCUT2D eigenvalue weighted by Gasteiger charge is -2.34. The van der Waals surface area contributed by atoms with Crippen LogP contribution in [0.25, 0.3) is 0 Å². The van der Waals surface area contributed by atoms with E-state index in [0.29, 0.717) is 11.3 Å². The molecule has 18 heavy (non-hydrogen) atoms. The molecule has 0 radical (unpaired) electrons. The number of carbonyl (C=O) groups is 1. The number of aryl methyl sites for hydroxylation is 1. The Morgan fingerprint density at radius 3 is 2.67 bits per heavy atom. The number of furan rings is 1. The molecule has 100 valence electrons. The van der Waals surface area contributed by atoms with Crippen molar-refractivity contribution in [3.05, 3.63) is 23.7 Å². The first-order chi connectivity index (χ1) is 8.72. The Morgan fingerprint density at radius 1 is 1.39 bits per heavy atom. The Hall–Kier alpha value is -1.33. The van der Waals surface area contributed by atoms with E-state index in [1.165, 1.54) is 0 Å². The lowest BCUT2D eigenvalue weighted by molar-refractivity contribution is 0.0635. The molecule has 0 unspecified atom stereocenters. The normalized spacial score (nSPS) is 17.1. The highest BCUT2D eigenvalue weighted by Gasteiger charge is 2.23. The molecule has 1 aliphatic rings. The Kier molecular flexibility index (Phi) is 4.38. The predicted octanol–water partition coefficient (Wildman–Crippen LogP) is 0.695. The summed E-state index contributed by atoms with van der Waals surface area (Å²) in [4.78, 5) is 16.5. The summed E-state index contributed by atoms with van der Waals surface area (Å²) in [6, 6.07) is 1.75. The van der Waals surface area contributed by atoms with Crippen LogP contribution in [0, 0.1) is 6.92 Å². The van der Waals surface area contributed by atoms with Gasteiger partial charge in [-0.3, -0.25) is 9.69 Å². The molecule has 1 aliphatic heterocycles. The molecule has 1 saturated heterocycles. The van der Waals surface area contributed by atoms with Crippen LogP contribution in [-0.4, -0.2) is 55.0 Å². The highest BCUT2D eigenvalue weighted by molar-refractivity contribution is 5.95. The Labute approximate surface area is 108 Å². The van der Waals surface area contributed by atoms with Gasteiger partial charge in [-0.25, -0.2) is 0 Å². The van der Waals surface area contributed by atoms with E-state index in [-0.39, 0.29) is 5.91 Å². The van der Waals surface area contributed by atoms with Crippen LogP contribution in [0.1, 0.15) is 22.5 Å². The van der Waals surface area contributed by atoms with Gasteiger partial charge in [-0.1, -0.05) is 0 Å². The summed E-state index contributed by atoms with van der Waals surface area (Å²) in [5.41, 5.74) is 6.19. The van der Waals surface area contributed by atoms with Crippen LogP contribution < -0.4 is 5.73 Å². The molecule has 0 bridgehead atoms.